The molecule has 0 radical (unpaired) electrons. The van der Waals surface area contributed by atoms with Gasteiger partial charge in [-0.3, -0.25) is 14.4 Å². The lowest BCUT2D eigenvalue weighted by atomic mass is 9.48. The minimum Gasteiger partial charge on any atom is -0.469 e. The Kier molecular flexibility index (Phi) is 4.83. The van der Waals surface area contributed by atoms with Crippen molar-refractivity contribution in [2.75, 3.05) is 7.11 Å². The molecule has 5 rings (SSSR count). The van der Waals surface area contributed by atoms with E-state index in [4.69, 9.17) is 9.47 Å². The highest BCUT2D eigenvalue weighted by atomic mass is 16.6. The van der Waals surface area contributed by atoms with Crippen molar-refractivity contribution in [2.45, 2.75) is 78.2 Å². The molecule has 0 aromatic heterocycles. The van der Waals surface area contributed by atoms with E-state index in [-0.39, 0.29) is 53.7 Å². The smallest absolute Gasteiger partial charge is 0.309 e. The zero-order chi connectivity index (χ0) is 20.6. The first-order valence-corrected chi connectivity index (χ1v) is 11.0. The normalized spacial score (nSPS) is 44.2. The van der Waals surface area contributed by atoms with Crippen molar-refractivity contribution in [1.29, 1.82) is 0 Å². The molecule has 3 fully saturated rings. The Morgan fingerprint density at radius 2 is 1.93 bits per heavy atom. The molecule has 1 aliphatic heterocycles. The fourth-order valence-corrected chi connectivity index (χ4v) is 7.53. The molecular formula is C25H34O5. The first-order chi connectivity index (χ1) is 13.7. The van der Waals surface area contributed by atoms with E-state index in [2.05, 4.69) is 19.9 Å². The van der Waals surface area contributed by atoms with Crippen molar-refractivity contribution >= 4 is 17.7 Å². The van der Waals surface area contributed by atoms with Gasteiger partial charge in [-0.15, -0.1) is 0 Å². The summed E-state index contributed by atoms with van der Waals surface area (Å²) in [6, 6.07) is 0. The van der Waals surface area contributed by atoms with Crippen LogP contribution in [0.3, 0.4) is 0 Å². The third-order valence-electron chi connectivity index (χ3n) is 9.23. The van der Waals surface area contributed by atoms with Crippen LogP contribution in [0.4, 0.5) is 0 Å². The molecule has 1 heterocycles. The molecule has 0 aromatic rings. The Labute approximate surface area is 179 Å². The summed E-state index contributed by atoms with van der Waals surface area (Å²) in [5.41, 5.74) is 1.72. The second kappa shape index (κ2) is 6.80. The monoisotopic (exact) mass is 414 g/mol. The molecule has 164 valence electrons. The number of hydrogen-bond donors (Lipinski definition) is 0. The van der Waals surface area contributed by atoms with Crippen LogP contribution in [0.5, 0.6) is 0 Å². The summed E-state index contributed by atoms with van der Waals surface area (Å²) >= 11 is 0. The van der Waals surface area contributed by atoms with Gasteiger partial charge in [0.1, 0.15) is 5.60 Å². The average Bonchev–Trinajstić information content (AvgIpc) is 3.22. The number of allylic oxidation sites excluding steroid dienone is 4. The summed E-state index contributed by atoms with van der Waals surface area (Å²) in [4.78, 5) is 37.1. The molecule has 4 aliphatic carbocycles. The second-order valence-corrected chi connectivity index (χ2v) is 10.2. The van der Waals surface area contributed by atoms with Gasteiger partial charge >= 0.3 is 11.9 Å². The van der Waals surface area contributed by atoms with Gasteiger partial charge in [0.25, 0.3) is 0 Å². The van der Waals surface area contributed by atoms with Crippen molar-refractivity contribution < 1.29 is 23.9 Å². The molecule has 0 aromatic carbocycles. The van der Waals surface area contributed by atoms with E-state index in [0.29, 0.717) is 19.3 Å². The van der Waals surface area contributed by atoms with Crippen molar-refractivity contribution in [2.24, 2.45) is 28.6 Å². The number of hydrogen-bond acceptors (Lipinski definition) is 5. The summed E-state index contributed by atoms with van der Waals surface area (Å²) in [5, 5.41) is 0. The van der Waals surface area contributed by atoms with Gasteiger partial charge in [-0.25, -0.2) is 0 Å². The lowest BCUT2D eigenvalue weighted by Gasteiger charge is -2.56. The van der Waals surface area contributed by atoms with Gasteiger partial charge in [-0.05, 0) is 56.4 Å². The maximum absolute atomic E-state index is 12.9. The number of carbonyl (C=O) groups excluding carboxylic acids is 3. The Bertz CT molecular complexity index is 869. The van der Waals surface area contributed by atoms with Crippen LogP contribution < -0.4 is 0 Å². The molecule has 5 heteroatoms. The Balaban J connectivity index is 0.00000218. The second-order valence-electron chi connectivity index (χ2n) is 10.2. The highest BCUT2D eigenvalue weighted by Gasteiger charge is 2.67. The molecule has 6 atom stereocenters. The third kappa shape index (κ3) is 2.56. The maximum Gasteiger partial charge on any atom is 0.309 e. The Morgan fingerprint density at radius 1 is 1.17 bits per heavy atom. The quantitative estimate of drug-likeness (QED) is 0.465. The predicted octanol–water partition coefficient (Wildman–Crippen LogP) is 4.55. The largest absolute Gasteiger partial charge is 0.469 e. The molecule has 30 heavy (non-hydrogen) atoms. The van der Waals surface area contributed by atoms with E-state index < -0.39 is 5.60 Å². The summed E-state index contributed by atoms with van der Waals surface area (Å²) in [7, 11) is 1.46. The summed E-state index contributed by atoms with van der Waals surface area (Å²) in [6.45, 7) is 4.52. The van der Waals surface area contributed by atoms with E-state index in [0.717, 1.165) is 37.7 Å². The molecule has 2 unspecified atom stereocenters. The van der Waals surface area contributed by atoms with Crippen LogP contribution in [0, 0.1) is 28.6 Å². The van der Waals surface area contributed by atoms with Gasteiger partial charge < -0.3 is 9.47 Å². The molecule has 5 nitrogen and oxygen atoms in total. The highest BCUT2D eigenvalue weighted by Crippen LogP contribution is 2.69. The van der Waals surface area contributed by atoms with E-state index in [1.165, 1.54) is 12.7 Å². The van der Waals surface area contributed by atoms with Gasteiger partial charge in [0.15, 0.2) is 5.78 Å². The topological polar surface area (TPSA) is 69.7 Å². The van der Waals surface area contributed by atoms with Crippen LogP contribution in [0.25, 0.3) is 0 Å². The maximum atomic E-state index is 12.9. The lowest BCUT2D eigenvalue weighted by molar-refractivity contribution is -0.163. The number of rotatable bonds is 1. The average molecular weight is 415 g/mol. The number of carbonyl (C=O) groups is 3. The summed E-state index contributed by atoms with van der Waals surface area (Å²) in [6.07, 6.45) is 10.1. The zero-order valence-corrected chi connectivity index (χ0v) is 17.6. The summed E-state index contributed by atoms with van der Waals surface area (Å²) in [5.74, 6) is 0.00356. The number of methoxy groups -OCH3 is 1. The first kappa shape index (κ1) is 21.3. The number of ether oxygens (including phenoxy) is 2. The van der Waals surface area contributed by atoms with Crippen LogP contribution in [0.15, 0.2) is 23.3 Å². The van der Waals surface area contributed by atoms with Gasteiger partial charge in [0.2, 0.25) is 0 Å². The molecule has 0 N–H and O–H groups in total. The van der Waals surface area contributed by atoms with E-state index in [1.54, 1.807) is 6.08 Å². The standard InChI is InChI=1S/C24H30O5.CH4/c1-22-8-4-15(25)12-14(22)13-16(21(27)28-3)20-17(22)5-9-23(2)18(20)6-10-24(23)11-7-19(26)29-24;/h5,12,16,18,20H,4,6-11,13H2,1-3H3;1H4/t16-,18?,20-,22+,23+,24?;/m1./s1. The number of esters is 2. The van der Waals surface area contributed by atoms with Crippen molar-refractivity contribution in [3.8, 4) is 0 Å². The van der Waals surface area contributed by atoms with E-state index in [1.807, 2.05) is 0 Å². The van der Waals surface area contributed by atoms with Gasteiger partial charge in [-0.2, -0.15) is 0 Å². The summed E-state index contributed by atoms with van der Waals surface area (Å²) < 4.78 is 11.2. The van der Waals surface area contributed by atoms with Crippen LogP contribution in [-0.4, -0.2) is 30.4 Å². The van der Waals surface area contributed by atoms with Crippen molar-refractivity contribution in [1.82, 2.24) is 0 Å². The zero-order valence-electron chi connectivity index (χ0n) is 17.6. The molecule has 5 aliphatic rings. The van der Waals surface area contributed by atoms with Crippen LogP contribution in [0.2, 0.25) is 0 Å². The number of fused-ring (bicyclic) bond motifs is 6. The van der Waals surface area contributed by atoms with Crippen molar-refractivity contribution in [3.05, 3.63) is 23.3 Å². The minimum absolute atomic E-state index is 0. The fourth-order valence-electron chi connectivity index (χ4n) is 7.53. The first-order valence-electron chi connectivity index (χ1n) is 11.0. The van der Waals surface area contributed by atoms with Gasteiger partial charge in [0, 0.05) is 23.7 Å². The molecule has 0 bridgehead atoms. The molecule has 1 spiro atoms. The predicted molar refractivity (Wildman–Crippen MR) is 112 cm³/mol. The van der Waals surface area contributed by atoms with Crippen LogP contribution >= 0.6 is 0 Å². The van der Waals surface area contributed by atoms with Gasteiger partial charge in [-0.1, -0.05) is 38.5 Å². The van der Waals surface area contributed by atoms with Crippen molar-refractivity contribution in [3.63, 3.8) is 0 Å². The van der Waals surface area contributed by atoms with Gasteiger partial charge in [0.05, 0.1) is 13.0 Å². The fraction of sp³-hybridized carbons (Fsp3) is 0.720. The van der Waals surface area contributed by atoms with E-state index >= 15 is 0 Å². The molecule has 1 saturated heterocycles. The molecule has 0 amide bonds. The molecule has 2 saturated carbocycles. The Hall–Kier alpha value is -1.91. The minimum atomic E-state index is -0.392. The number of ketones is 1. The lowest BCUT2D eigenvalue weighted by Crippen LogP contribution is -2.53. The van der Waals surface area contributed by atoms with Crippen LogP contribution in [0.1, 0.15) is 72.6 Å². The molecular weight excluding hydrogens is 380 g/mol. The highest BCUT2D eigenvalue weighted by molar-refractivity contribution is 5.92. The third-order valence-corrected chi connectivity index (χ3v) is 9.23. The Morgan fingerprint density at radius 3 is 2.60 bits per heavy atom. The van der Waals surface area contributed by atoms with Crippen LogP contribution in [-0.2, 0) is 23.9 Å². The SMILES string of the molecule is C.COC(=O)[C@@H]1CC2=CC(=O)CC[C@]2(C)C2=CC[C@@]3(C)C(CCC34CCC(=O)O4)[C@@H]21. The van der Waals surface area contributed by atoms with E-state index in [9.17, 15) is 14.4 Å².